The van der Waals surface area contributed by atoms with Crippen LogP contribution in [0.5, 0.6) is 0 Å². The van der Waals surface area contributed by atoms with Crippen LogP contribution in [0.3, 0.4) is 0 Å². The molecule has 4 nitrogen and oxygen atoms in total. The Labute approximate surface area is 123 Å². The third-order valence-electron chi connectivity index (χ3n) is 3.41. The minimum absolute atomic E-state index is 0.269. The quantitative estimate of drug-likeness (QED) is 0.661. The second-order valence-electron chi connectivity index (χ2n) is 5.08. The maximum Gasteiger partial charge on any atom is 0.313 e. The van der Waals surface area contributed by atoms with Gasteiger partial charge in [0.25, 0.3) is 0 Å². The van der Waals surface area contributed by atoms with E-state index < -0.39 is 17.6 Å². The molecule has 0 saturated heterocycles. The molecular formula is C16H19FN2O2. The van der Waals surface area contributed by atoms with Crippen molar-refractivity contribution in [2.75, 3.05) is 11.9 Å². The third-order valence-corrected chi connectivity index (χ3v) is 3.41. The molecule has 0 aromatic heterocycles. The van der Waals surface area contributed by atoms with E-state index in [1.807, 2.05) is 0 Å². The average molecular weight is 290 g/mol. The SMILES string of the molecule is O=C(NCCC1=CCCCC1)C(=O)Nc1cccc(F)c1. The van der Waals surface area contributed by atoms with Crippen molar-refractivity contribution in [3.05, 3.63) is 41.7 Å². The van der Waals surface area contributed by atoms with E-state index in [2.05, 4.69) is 16.7 Å². The maximum absolute atomic E-state index is 13.0. The Hall–Kier alpha value is -2.17. The van der Waals surface area contributed by atoms with Crippen LogP contribution < -0.4 is 10.6 Å². The molecule has 1 aromatic carbocycles. The van der Waals surface area contributed by atoms with Crippen molar-refractivity contribution in [3.63, 3.8) is 0 Å². The molecule has 1 aromatic rings. The molecule has 1 aliphatic carbocycles. The van der Waals surface area contributed by atoms with Gasteiger partial charge < -0.3 is 10.6 Å². The summed E-state index contributed by atoms with van der Waals surface area (Å²) in [5, 5.41) is 4.94. The number of allylic oxidation sites excluding steroid dienone is 1. The van der Waals surface area contributed by atoms with Gasteiger partial charge in [-0.3, -0.25) is 9.59 Å². The Morgan fingerprint density at radius 1 is 1.19 bits per heavy atom. The minimum atomic E-state index is -0.779. The van der Waals surface area contributed by atoms with Crippen molar-refractivity contribution in [3.8, 4) is 0 Å². The lowest BCUT2D eigenvalue weighted by atomic mass is 9.97. The largest absolute Gasteiger partial charge is 0.348 e. The molecule has 21 heavy (non-hydrogen) atoms. The molecule has 0 saturated carbocycles. The molecule has 0 spiro atoms. The first kappa shape index (κ1) is 15.2. The molecule has 112 valence electrons. The second kappa shape index (κ2) is 7.57. The second-order valence-corrected chi connectivity index (χ2v) is 5.08. The van der Waals surface area contributed by atoms with Crippen LogP contribution >= 0.6 is 0 Å². The molecule has 0 radical (unpaired) electrons. The Bertz CT molecular complexity index is 555. The molecular weight excluding hydrogens is 271 g/mol. The highest BCUT2D eigenvalue weighted by Gasteiger charge is 2.13. The van der Waals surface area contributed by atoms with Crippen LogP contribution in [0.25, 0.3) is 0 Å². The van der Waals surface area contributed by atoms with E-state index in [4.69, 9.17) is 0 Å². The number of benzene rings is 1. The van der Waals surface area contributed by atoms with Gasteiger partial charge in [0.1, 0.15) is 5.82 Å². The van der Waals surface area contributed by atoms with Crippen LogP contribution in [-0.2, 0) is 9.59 Å². The molecule has 0 bridgehead atoms. The van der Waals surface area contributed by atoms with E-state index in [-0.39, 0.29) is 5.69 Å². The zero-order valence-electron chi connectivity index (χ0n) is 11.8. The predicted molar refractivity (Wildman–Crippen MR) is 79.2 cm³/mol. The molecule has 1 aliphatic rings. The normalized spacial score (nSPS) is 14.2. The summed E-state index contributed by atoms with van der Waals surface area (Å²) < 4.78 is 13.0. The van der Waals surface area contributed by atoms with Gasteiger partial charge in [-0.15, -0.1) is 0 Å². The Morgan fingerprint density at radius 3 is 2.76 bits per heavy atom. The molecule has 0 fully saturated rings. The van der Waals surface area contributed by atoms with Crippen molar-refractivity contribution in [1.82, 2.24) is 5.32 Å². The highest BCUT2D eigenvalue weighted by atomic mass is 19.1. The van der Waals surface area contributed by atoms with Crippen molar-refractivity contribution in [2.24, 2.45) is 0 Å². The van der Waals surface area contributed by atoms with E-state index in [9.17, 15) is 14.0 Å². The number of rotatable bonds is 4. The summed E-state index contributed by atoms with van der Waals surface area (Å²) in [6, 6.07) is 5.44. The van der Waals surface area contributed by atoms with Gasteiger partial charge in [-0.1, -0.05) is 17.7 Å². The molecule has 5 heteroatoms. The summed E-state index contributed by atoms with van der Waals surface area (Å²) >= 11 is 0. The summed E-state index contributed by atoms with van der Waals surface area (Å²) in [6.07, 6.45) is 7.59. The highest BCUT2D eigenvalue weighted by molar-refractivity contribution is 6.39. The molecule has 2 rings (SSSR count). The lowest BCUT2D eigenvalue weighted by Gasteiger charge is -2.12. The van der Waals surface area contributed by atoms with Gasteiger partial charge in [0.05, 0.1) is 0 Å². The van der Waals surface area contributed by atoms with Gasteiger partial charge in [-0.05, 0) is 50.3 Å². The zero-order valence-corrected chi connectivity index (χ0v) is 11.8. The number of hydrogen-bond donors (Lipinski definition) is 2. The smallest absolute Gasteiger partial charge is 0.313 e. The summed E-state index contributed by atoms with van der Waals surface area (Å²) in [6.45, 7) is 0.446. The van der Waals surface area contributed by atoms with Gasteiger partial charge >= 0.3 is 11.8 Å². The number of hydrogen-bond acceptors (Lipinski definition) is 2. The van der Waals surface area contributed by atoms with Crippen molar-refractivity contribution in [2.45, 2.75) is 32.1 Å². The van der Waals surface area contributed by atoms with E-state index in [1.165, 1.54) is 36.6 Å². The lowest BCUT2D eigenvalue weighted by molar-refractivity contribution is -0.136. The first-order valence-electron chi connectivity index (χ1n) is 7.18. The van der Waals surface area contributed by atoms with E-state index >= 15 is 0 Å². The zero-order chi connectivity index (χ0) is 15.1. The van der Waals surface area contributed by atoms with Crippen LogP contribution in [0.4, 0.5) is 10.1 Å². The van der Waals surface area contributed by atoms with E-state index in [1.54, 1.807) is 0 Å². The van der Waals surface area contributed by atoms with Crippen LogP contribution in [0.15, 0.2) is 35.9 Å². The Morgan fingerprint density at radius 2 is 2.05 bits per heavy atom. The summed E-state index contributed by atoms with van der Waals surface area (Å²) in [4.78, 5) is 23.3. The monoisotopic (exact) mass is 290 g/mol. The third kappa shape index (κ3) is 5.02. The van der Waals surface area contributed by atoms with Gasteiger partial charge in [0.15, 0.2) is 0 Å². The fraction of sp³-hybridized carbons (Fsp3) is 0.375. The summed E-state index contributed by atoms with van der Waals surface area (Å²) in [5.41, 5.74) is 1.61. The van der Waals surface area contributed by atoms with Crippen LogP contribution in [-0.4, -0.2) is 18.4 Å². The number of amides is 2. The average Bonchev–Trinajstić information content (AvgIpc) is 2.48. The van der Waals surface area contributed by atoms with Gasteiger partial charge in [-0.25, -0.2) is 4.39 Å². The van der Waals surface area contributed by atoms with Crippen LogP contribution in [0.1, 0.15) is 32.1 Å². The fourth-order valence-electron chi connectivity index (χ4n) is 2.30. The van der Waals surface area contributed by atoms with Gasteiger partial charge in [-0.2, -0.15) is 0 Å². The Balaban J connectivity index is 1.75. The summed E-state index contributed by atoms with van der Waals surface area (Å²) in [7, 11) is 0. The number of anilines is 1. The van der Waals surface area contributed by atoms with Crippen molar-refractivity contribution >= 4 is 17.5 Å². The number of nitrogens with one attached hydrogen (secondary N) is 2. The standard InChI is InChI=1S/C16H19FN2O2/c17-13-7-4-8-14(11-13)19-16(21)15(20)18-10-9-12-5-2-1-3-6-12/h4-5,7-8,11H,1-3,6,9-10H2,(H,18,20)(H,19,21). The Kier molecular flexibility index (Phi) is 5.49. The minimum Gasteiger partial charge on any atom is -0.348 e. The lowest BCUT2D eigenvalue weighted by Crippen LogP contribution is -2.36. The molecule has 0 aliphatic heterocycles. The fourth-order valence-corrected chi connectivity index (χ4v) is 2.30. The van der Waals surface area contributed by atoms with Gasteiger partial charge in [0.2, 0.25) is 0 Å². The summed E-state index contributed by atoms with van der Waals surface area (Å²) in [5.74, 6) is -1.94. The van der Waals surface area contributed by atoms with Gasteiger partial charge in [0, 0.05) is 12.2 Å². The predicted octanol–water partition coefficient (Wildman–Crippen LogP) is 2.77. The van der Waals surface area contributed by atoms with Crippen LogP contribution in [0, 0.1) is 5.82 Å². The first-order valence-corrected chi connectivity index (χ1v) is 7.18. The number of carbonyl (C=O) groups excluding carboxylic acids is 2. The highest BCUT2D eigenvalue weighted by Crippen LogP contribution is 2.19. The topological polar surface area (TPSA) is 58.2 Å². The maximum atomic E-state index is 13.0. The molecule has 0 atom stereocenters. The van der Waals surface area contributed by atoms with Crippen molar-refractivity contribution in [1.29, 1.82) is 0 Å². The van der Waals surface area contributed by atoms with E-state index in [0.717, 1.165) is 25.3 Å². The number of carbonyl (C=O) groups is 2. The number of halogens is 1. The molecule has 0 unspecified atom stereocenters. The molecule has 2 N–H and O–H groups in total. The molecule has 0 heterocycles. The van der Waals surface area contributed by atoms with Crippen molar-refractivity contribution < 1.29 is 14.0 Å². The first-order chi connectivity index (χ1) is 10.1. The molecule has 2 amide bonds. The van der Waals surface area contributed by atoms with E-state index in [0.29, 0.717) is 6.54 Å². The van der Waals surface area contributed by atoms with Crippen LogP contribution in [0.2, 0.25) is 0 Å².